The lowest BCUT2D eigenvalue weighted by Gasteiger charge is -2.21. The number of carbonyl (C=O) groups excluding carboxylic acids is 1. The first-order valence-electron chi connectivity index (χ1n) is 8.97. The number of aryl methyl sites for hydroxylation is 1. The molecule has 2 rings (SSSR count). The molecule has 0 atom stereocenters. The van der Waals surface area contributed by atoms with Crippen LogP contribution in [0, 0.1) is 6.92 Å². The molecule has 1 amide bonds. The van der Waals surface area contributed by atoms with Gasteiger partial charge in [-0.15, -0.1) is 0 Å². The monoisotopic (exact) mass is 397 g/mol. The van der Waals surface area contributed by atoms with Gasteiger partial charge >= 0.3 is 0 Å². The molecule has 0 spiro atoms. The number of amides is 1. The van der Waals surface area contributed by atoms with Crippen molar-refractivity contribution in [2.24, 2.45) is 0 Å². The minimum absolute atomic E-state index is 0.116. The number of rotatable bonds is 9. The normalized spacial score (nSPS) is 11.7. The van der Waals surface area contributed by atoms with Crippen molar-refractivity contribution in [3.05, 3.63) is 41.2 Å². The Labute approximate surface area is 162 Å². The lowest BCUT2D eigenvalue weighted by Crippen LogP contribution is -2.33. The molecular weight excluding hydrogens is 372 g/mol. The number of carbonyl (C=O) groups is 1. The van der Waals surface area contributed by atoms with Crippen molar-refractivity contribution >= 4 is 5.91 Å². The van der Waals surface area contributed by atoms with Crippen LogP contribution in [0.1, 0.15) is 48.5 Å². The van der Waals surface area contributed by atoms with Gasteiger partial charge in [0.1, 0.15) is 22.6 Å². The molecule has 0 saturated carbocycles. The van der Waals surface area contributed by atoms with Crippen molar-refractivity contribution in [3.8, 4) is 5.88 Å². The first-order valence-corrected chi connectivity index (χ1v) is 8.97. The van der Waals surface area contributed by atoms with Crippen LogP contribution >= 0.6 is 0 Å². The molecule has 28 heavy (non-hydrogen) atoms. The predicted octanol–water partition coefficient (Wildman–Crippen LogP) is 2.95. The minimum Gasteiger partial charge on any atom is -0.471 e. The van der Waals surface area contributed by atoms with E-state index in [4.69, 9.17) is 9.15 Å². The average molecular weight is 397 g/mol. The van der Waals surface area contributed by atoms with E-state index in [0.29, 0.717) is 36.9 Å². The molecular formula is C19H25F2N3O4. The summed E-state index contributed by atoms with van der Waals surface area (Å²) in [5, 5.41) is 10.1. The van der Waals surface area contributed by atoms with E-state index in [1.807, 2.05) is 0 Å². The summed E-state index contributed by atoms with van der Waals surface area (Å²) in [5.74, 6) is 0.418. The van der Waals surface area contributed by atoms with Crippen LogP contribution in [0.15, 0.2) is 22.7 Å². The summed E-state index contributed by atoms with van der Waals surface area (Å²) in [5.41, 5.74) is -0.559. The highest BCUT2D eigenvalue weighted by molar-refractivity contribution is 5.96. The third kappa shape index (κ3) is 5.48. The van der Waals surface area contributed by atoms with Crippen LogP contribution in [0.25, 0.3) is 0 Å². The van der Waals surface area contributed by atoms with Gasteiger partial charge in [-0.05, 0) is 39.8 Å². The second-order valence-electron chi connectivity index (χ2n) is 6.76. The van der Waals surface area contributed by atoms with Gasteiger partial charge in [0.25, 0.3) is 12.3 Å². The molecule has 0 saturated heterocycles. The summed E-state index contributed by atoms with van der Waals surface area (Å²) in [6, 6.07) is 3.03. The Morgan fingerprint density at radius 2 is 2.14 bits per heavy atom. The predicted molar refractivity (Wildman–Crippen MR) is 97.5 cm³/mol. The summed E-state index contributed by atoms with van der Waals surface area (Å²) >= 11 is 0. The fourth-order valence-corrected chi connectivity index (χ4v) is 2.74. The molecule has 0 unspecified atom stereocenters. The topological polar surface area (TPSA) is 88.7 Å². The van der Waals surface area contributed by atoms with E-state index in [1.165, 1.54) is 17.2 Å². The molecule has 7 nitrogen and oxygen atoms in total. The molecule has 0 aliphatic heterocycles. The number of aliphatic hydroxyl groups is 1. The summed E-state index contributed by atoms with van der Waals surface area (Å²) < 4.78 is 35.4. The number of aromatic nitrogens is 2. The maximum Gasteiger partial charge on any atom is 0.272 e. The molecule has 0 radical (unpaired) electrons. The maximum absolute atomic E-state index is 12.8. The van der Waals surface area contributed by atoms with Crippen molar-refractivity contribution in [2.75, 3.05) is 19.7 Å². The lowest BCUT2D eigenvalue weighted by atomic mass is 10.0. The number of ether oxygens (including phenoxy) is 1. The Morgan fingerprint density at radius 3 is 2.71 bits per heavy atom. The second-order valence-corrected chi connectivity index (χ2v) is 6.76. The van der Waals surface area contributed by atoms with Crippen molar-refractivity contribution < 1.29 is 27.8 Å². The average Bonchev–Trinajstić information content (AvgIpc) is 3.01. The van der Waals surface area contributed by atoms with Gasteiger partial charge in [0.05, 0.1) is 0 Å². The smallest absolute Gasteiger partial charge is 0.272 e. The van der Waals surface area contributed by atoms with Gasteiger partial charge in [-0.2, -0.15) is 0 Å². The Morgan fingerprint density at radius 1 is 1.43 bits per heavy atom. The van der Waals surface area contributed by atoms with E-state index in [9.17, 15) is 18.7 Å². The van der Waals surface area contributed by atoms with Crippen molar-refractivity contribution in [2.45, 2.75) is 46.1 Å². The summed E-state index contributed by atoms with van der Waals surface area (Å²) in [6.45, 7) is 6.61. The van der Waals surface area contributed by atoms with Gasteiger partial charge < -0.3 is 19.2 Å². The molecule has 9 heteroatoms. The van der Waals surface area contributed by atoms with Gasteiger partial charge in [-0.1, -0.05) is 0 Å². The quantitative estimate of drug-likeness (QED) is 0.700. The maximum atomic E-state index is 12.8. The second kappa shape index (κ2) is 9.09. The highest BCUT2D eigenvalue weighted by Crippen LogP contribution is 2.24. The summed E-state index contributed by atoms with van der Waals surface area (Å²) in [6.07, 6.45) is -0.948. The molecule has 0 bridgehead atoms. The highest BCUT2D eigenvalue weighted by Gasteiger charge is 2.25. The Kier molecular flexibility index (Phi) is 7.06. The fraction of sp³-hybridized carbons (Fsp3) is 0.526. The van der Waals surface area contributed by atoms with Gasteiger partial charge in [0, 0.05) is 25.7 Å². The number of halogens is 2. The van der Waals surface area contributed by atoms with Crippen LogP contribution in [-0.4, -0.2) is 52.0 Å². The Hall–Kier alpha value is -2.55. The number of hydrogen-bond donors (Lipinski definition) is 1. The third-order valence-electron chi connectivity index (χ3n) is 4.03. The van der Waals surface area contributed by atoms with Crippen LogP contribution in [0.5, 0.6) is 5.88 Å². The largest absolute Gasteiger partial charge is 0.471 e. The first-order chi connectivity index (χ1) is 13.1. The molecule has 0 aliphatic carbocycles. The van der Waals surface area contributed by atoms with Gasteiger partial charge in [-0.25, -0.2) is 18.7 Å². The zero-order valence-corrected chi connectivity index (χ0v) is 16.4. The molecule has 0 aliphatic rings. The van der Waals surface area contributed by atoms with E-state index >= 15 is 0 Å². The van der Waals surface area contributed by atoms with Crippen molar-refractivity contribution in [1.29, 1.82) is 0 Å². The lowest BCUT2D eigenvalue weighted by molar-refractivity contribution is 0.0705. The highest BCUT2D eigenvalue weighted by atomic mass is 19.3. The zero-order valence-electron chi connectivity index (χ0n) is 16.4. The third-order valence-corrected chi connectivity index (χ3v) is 4.03. The van der Waals surface area contributed by atoms with Crippen LogP contribution < -0.4 is 4.74 Å². The van der Waals surface area contributed by atoms with Gasteiger partial charge in [0.2, 0.25) is 5.88 Å². The van der Waals surface area contributed by atoms with Crippen molar-refractivity contribution in [3.63, 3.8) is 0 Å². The number of pyridine rings is 1. The van der Waals surface area contributed by atoms with E-state index in [0.717, 1.165) is 0 Å². The molecule has 2 aromatic heterocycles. The molecule has 2 aromatic rings. The van der Waals surface area contributed by atoms with E-state index in [1.54, 1.807) is 33.8 Å². The van der Waals surface area contributed by atoms with Crippen LogP contribution in [-0.2, 0) is 12.0 Å². The number of alkyl halides is 2. The van der Waals surface area contributed by atoms with Crippen LogP contribution in [0.4, 0.5) is 8.78 Å². The van der Waals surface area contributed by atoms with Gasteiger partial charge in [-0.3, -0.25) is 4.79 Å². The van der Waals surface area contributed by atoms with Crippen molar-refractivity contribution in [1.82, 2.24) is 14.9 Å². The minimum atomic E-state index is -2.66. The van der Waals surface area contributed by atoms with Crippen LogP contribution in [0.2, 0.25) is 0 Å². The number of nitrogens with zero attached hydrogens (tertiary/aromatic N) is 3. The first kappa shape index (κ1) is 21.7. The summed E-state index contributed by atoms with van der Waals surface area (Å²) in [7, 11) is 0. The number of hydrogen-bond acceptors (Lipinski definition) is 6. The standard InChI is InChI=1S/C19H25F2N3O4/c1-5-24(10-8-15-23-16(12(2)28-15)19(3,4)26)18(25)13-7-6-9-22-17(13)27-11-14(20)21/h6-7,9,14,26H,5,8,10-11H2,1-4H3. The number of likely N-dealkylation sites (N-methyl/N-ethyl adjacent to an activating group) is 1. The molecule has 0 aromatic carbocycles. The van der Waals surface area contributed by atoms with Crippen LogP contribution in [0.3, 0.4) is 0 Å². The van der Waals surface area contributed by atoms with E-state index in [-0.39, 0.29) is 17.4 Å². The molecule has 0 fully saturated rings. The molecule has 2 heterocycles. The SMILES string of the molecule is CCN(CCc1nc(C(C)(C)O)c(C)o1)C(=O)c1cccnc1OCC(F)F. The Bertz CT molecular complexity index is 803. The summed E-state index contributed by atoms with van der Waals surface area (Å²) in [4.78, 5) is 22.5. The van der Waals surface area contributed by atoms with Gasteiger partial charge in [0.15, 0.2) is 12.5 Å². The molecule has 1 N–H and O–H groups in total. The zero-order chi connectivity index (χ0) is 20.9. The fourth-order valence-electron chi connectivity index (χ4n) is 2.74. The molecule has 154 valence electrons. The van der Waals surface area contributed by atoms with E-state index in [2.05, 4.69) is 9.97 Å². The van der Waals surface area contributed by atoms with E-state index < -0.39 is 18.6 Å². The number of oxazole rings is 1. The Balaban J connectivity index is 2.11.